The second kappa shape index (κ2) is 10.0. The third-order valence-corrected chi connectivity index (χ3v) is 6.23. The zero-order chi connectivity index (χ0) is 22.5. The van der Waals surface area contributed by atoms with Gasteiger partial charge in [0.05, 0.1) is 4.91 Å². The van der Waals surface area contributed by atoms with E-state index < -0.39 is 0 Å². The molecule has 5 nitrogen and oxygen atoms in total. The number of rotatable bonds is 8. The van der Waals surface area contributed by atoms with E-state index in [9.17, 15) is 9.59 Å². The van der Waals surface area contributed by atoms with Crippen LogP contribution in [0.4, 0.5) is 4.79 Å². The van der Waals surface area contributed by atoms with Gasteiger partial charge in [0.2, 0.25) is 0 Å². The lowest BCUT2D eigenvalue weighted by molar-refractivity contribution is -0.122. The maximum absolute atomic E-state index is 12.9. The normalized spacial score (nSPS) is 15.2. The van der Waals surface area contributed by atoms with Crippen molar-refractivity contribution < 1.29 is 19.1 Å². The zero-order valence-electron chi connectivity index (χ0n) is 18.2. The number of methoxy groups -OCH3 is 1. The van der Waals surface area contributed by atoms with Crippen molar-refractivity contribution in [2.75, 3.05) is 20.3 Å². The van der Waals surface area contributed by atoms with Crippen LogP contribution in [-0.4, -0.2) is 36.3 Å². The van der Waals surface area contributed by atoms with Crippen molar-refractivity contribution in [1.29, 1.82) is 0 Å². The minimum atomic E-state index is -0.270. The van der Waals surface area contributed by atoms with Gasteiger partial charge in [-0.05, 0) is 53.6 Å². The molecular formula is C26H25NO4S. The molecule has 0 aromatic heterocycles. The Balaban J connectivity index is 1.65. The summed E-state index contributed by atoms with van der Waals surface area (Å²) in [6.07, 6.45) is 2.40. The van der Waals surface area contributed by atoms with E-state index in [1.54, 1.807) is 13.2 Å². The molecule has 0 radical (unpaired) electrons. The monoisotopic (exact) mass is 447 g/mol. The SMILES string of the molecule is COCCCN1C(=O)S/C(=C/c2c(OCc3ccc(C)cc3)ccc3ccccc23)C1=O. The van der Waals surface area contributed by atoms with Gasteiger partial charge < -0.3 is 9.47 Å². The number of carbonyl (C=O) groups is 2. The van der Waals surface area contributed by atoms with Crippen molar-refractivity contribution in [3.63, 3.8) is 0 Å². The van der Waals surface area contributed by atoms with Crippen LogP contribution in [0.2, 0.25) is 0 Å². The van der Waals surface area contributed by atoms with Crippen LogP contribution >= 0.6 is 11.8 Å². The highest BCUT2D eigenvalue weighted by atomic mass is 32.2. The molecule has 6 heteroatoms. The van der Waals surface area contributed by atoms with Gasteiger partial charge in [-0.1, -0.05) is 60.2 Å². The fourth-order valence-electron chi connectivity index (χ4n) is 3.59. The number of benzene rings is 3. The van der Waals surface area contributed by atoms with E-state index >= 15 is 0 Å². The minimum absolute atomic E-state index is 0.250. The second-order valence-corrected chi connectivity index (χ2v) is 8.65. The Morgan fingerprint density at radius 3 is 2.56 bits per heavy atom. The first-order valence-electron chi connectivity index (χ1n) is 10.5. The van der Waals surface area contributed by atoms with Gasteiger partial charge in [-0.2, -0.15) is 0 Å². The van der Waals surface area contributed by atoms with Crippen LogP contribution in [-0.2, 0) is 16.1 Å². The molecule has 4 rings (SSSR count). The molecule has 1 fully saturated rings. The third kappa shape index (κ3) is 4.87. The molecule has 0 bridgehead atoms. The van der Waals surface area contributed by atoms with Crippen LogP contribution in [0.1, 0.15) is 23.1 Å². The lowest BCUT2D eigenvalue weighted by Crippen LogP contribution is -2.29. The van der Waals surface area contributed by atoms with Crippen molar-refractivity contribution in [3.8, 4) is 5.75 Å². The molecule has 3 aromatic rings. The van der Waals surface area contributed by atoms with Gasteiger partial charge in [0.15, 0.2) is 0 Å². The van der Waals surface area contributed by atoms with Crippen molar-refractivity contribution in [2.45, 2.75) is 20.0 Å². The van der Waals surface area contributed by atoms with E-state index in [-0.39, 0.29) is 11.1 Å². The number of thioether (sulfide) groups is 1. The van der Waals surface area contributed by atoms with Crippen LogP contribution in [0, 0.1) is 6.92 Å². The summed E-state index contributed by atoms with van der Waals surface area (Å²) in [5, 5.41) is 1.76. The van der Waals surface area contributed by atoms with Gasteiger partial charge >= 0.3 is 0 Å². The van der Waals surface area contributed by atoms with E-state index in [2.05, 4.69) is 12.1 Å². The zero-order valence-corrected chi connectivity index (χ0v) is 19.0. The van der Waals surface area contributed by atoms with E-state index in [0.29, 0.717) is 36.8 Å². The topological polar surface area (TPSA) is 55.8 Å². The summed E-state index contributed by atoms with van der Waals surface area (Å²) in [5.74, 6) is 0.406. The van der Waals surface area contributed by atoms with Gasteiger partial charge in [0.25, 0.3) is 11.1 Å². The van der Waals surface area contributed by atoms with Crippen LogP contribution in [0.3, 0.4) is 0 Å². The largest absolute Gasteiger partial charge is 0.488 e. The summed E-state index contributed by atoms with van der Waals surface area (Å²) < 4.78 is 11.2. The smallest absolute Gasteiger partial charge is 0.293 e. The Hall–Kier alpha value is -3.09. The molecule has 0 spiro atoms. The quantitative estimate of drug-likeness (QED) is 0.323. The molecule has 3 aromatic carbocycles. The number of fused-ring (bicyclic) bond motifs is 1. The molecule has 0 aliphatic carbocycles. The number of imide groups is 1. The lowest BCUT2D eigenvalue weighted by Gasteiger charge is -2.13. The molecule has 1 saturated heterocycles. The molecule has 1 aliphatic rings. The predicted molar refractivity (Wildman–Crippen MR) is 129 cm³/mol. The highest BCUT2D eigenvalue weighted by Gasteiger charge is 2.34. The van der Waals surface area contributed by atoms with Crippen molar-refractivity contribution in [3.05, 3.63) is 82.3 Å². The summed E-state index contributed by atoms with van der Waals surface area (Å²) in [5.41, 5.74) is 3.06. The average molecular weight is 448 g/mol. The highest BCUT2D eigenvalue weighted by molar-refractivity contribution is 8.18. The number of ether oxygens (including phenoxy) is 2. The molecule has 164 valence electrons. The summed E-state index contributed by atoms with van der Waals surface area (Å²) in [4.78, 5) is 27.0. The first kappa shape index (κ1) is 22.1. The number of hydrogen-bond acceptors (Lipinski definition) is 5. The first-order valence-corrected chi connectivity index (χ1v) is 11.3. The maximum Gasteiger partial charge on any atom is 0.293 e. The van der Waals surface area contributed by atoms with Gasteiger partial charge in [0, 0.05) is 25.8 Å². The summed E-state index contributed by atoms with van der Waals surface area (Å²) >= 11 is 0.970. The summed E-state index contributed by atoms with van der Waals surface area (Å²) in [6.45, 7) is 3.32. The molecule has 0 saturated carbocycles. The molecule has 0 atom stereocenters. The number of nitrogens with zero attached hydrogens (tertiary/aromatic N) is 1. The van der Waals surface area contributed by atoms with E-state index in [1.165, 1.54) is 10.5 Å². The lowest BCUT2D eigenvalue weighted by atomic mass is 10.0. The third-order valence-electron chi connectivity index (χ3n) is 5.32. The Labute approximate surface area is 192 Å². The minimum Gasteiger partial charge on any atom is -0.488 e. The Morgan fingerprint density at radius 1 is 1.00 bits per heavy atom. The highest BCUT2D eigenvalue weighted by Crippen LogP contribution is 2.37. The van der Waals surface area contributed by atoms with E-state index in [1.807, 2.05) is 55.5 Å². The molecule has 1 heterocycles. The van der Waals surface area contributed by atoms with Crippen molar-refractivity contribution >= 4 is 39.8 Å². The standard InChI is InChI=1S/C26H25NO4S/c1-18-8-10-19(11-9-18)17-31-23-13-12-20-6-3-4-7-21(20)22(23)16-24-25(28)27(26(29)32-24)14-5-15-30-2/h3-4,6-13,16H,5,14-15,17H2,1-2H3/b24-16+. The second-order valence-electron chi connectivity index (χ2n) is 7.65. The van der Waals surface area contributed by atoms with Crippen LogP contribution < -0.4 is 4.74 Å². The average Bonchev–Trinajstić information content (AvgIpc) is 3.07. The van der Waals surface area contributed by atoms with Gasteiger partial charge in [-0.25, -0.2) is 0 Å². The molecular weight excluding hydrogens is 422 g/mol. The molecule has 0 N–H and O–H groups in total. The summed E-state index contributed by atoms with van der Waals surface area (Å²) in [7, 11) is 1.60. The van der Waals surface area contributed by atoms with Gasteiger partial charge in [-0.3, -0.25) is 14.5 Å². The first-order chi connectivity index (χ1) is 15.6. The van der Waals surface area contributed by atoms with E-state index in [4.69, 9.17) is 9.47 Å². The maximum atomic E-state index is 12.9. The van der Waals surface area contributed by atoms with Crippen LogP contribution in [0.25, 0.3) is 16.8 Å². The van der Waals surface area contributed by atoms with Crippen molar-refractivity contribution in [1.82, 2.24) is 4.90 Å². The predicted octanol–water partition coefficient (Wildman–Crippen LogP) is 5.80. The van der Waals surface area contributed by atoms with Crippen LogP contribution in [0.5, 0.6) is 5.75 Å². The van der Waals surface area contributed by atoms with Gasteiger partial charge in [0.1, 0.15) is 12.4 Å². The Kier molecular flexibility index (Phi) is 6.93. The van der Waals surface area contributed by atoms with Crippen molar-refractivity contribution in [2.24, 2.45) is 0 Å². The number of aryl methyl sites for hydroxylation is 1. The molecule has 32 heavy (non-hydrogen) atoms. The summed E-state index contributed by atoms with van der Waals surface area (Å²) in [6, 6.07) is 20.1. The Bertz CT molecular complexity index is 1170. The number of amides is 2. The molecule has 1 aliphatic heterocycles. The molecule has 0 unspecified atom stereocenters. The Morgan fingerprint density at radius 2 is 1.78 bits per heavy atom. The molecule has 2 amide bonds. The van der Waals surface area contributed by atoms with Gasteiger partial charge in [-0.15, -0.1) is 0 Å². The fraction of sp³-hybridized carbons (Fsp3) is 0.231. The van der Waals surface area contributed by atoms with E-state index in [0.717, 1.165) is 33.7 Å². The number of carbonyl (C=O) groups excluding carboxylic acids is 2. The van der Waals surface area contributed by atoms with Crippen LogP contribution in [0.15, 0.2) is 65.6 Å². The fourth-order valence-corrected chi connectivity index (χ4v) is 4.43. The number of hydrogen-bond donors (Lipinski definition) is 0.